The van der Waals surface area contributed by atoms with E-state index in [9.17, 15) is 8.42 Å². The Morgan fingerprint density at radius 1 is 1.32 bits per heavy atom. The summed E-state index contributed by atoms with van der Waals surface area (Å²) in [5, 5.41) is 14.4. The number of nitrogens with zero attached hydrogens (tertiary/aromatic N) is 1. The molecule has 2 rings (SSSR count). The van der Waals surface area contributed by atoms with Crippen molar-refractivity contribution >= 4 is 21.4 Å². The van der Waals surface area contributed by atoms with Crippen LogP contribution in [0.25, 0.3) is 0 Å². The minimum Gasteiger partial charge on any atom is -0.399 e. The van der Waals surface area contributed by atoms with Gasteiger partial charge in [-0.15, -0.1) is 0 Å². The van der Waals surface area contributed by atoms with Gasteiger partial charge in [-0.3, -0.25) is 0 Å². The summed E-state index contributed by atoms with van der Waals surface area (Å²) >= 11 is 0. The van der Waals surface area contributed by atoms with Crippen molar-refractivity contribution in [1.29, 1.82) is 0 Å². The number of hydrogen-bond acceptors (Lipinski definition) is 5. The van der Waals surface area contributed by atoms with E-state index < -0.39 is 10.0 Å². The van der Waals surface area contributed by atoms with E-state index in [4.69, 9.17) is 16.0 Å². The number of anilines is 2. The van der Waals surface area contributed by atoms with E-state index >= 15 is 0 Å². The number of sulfonamides is 1. The third kappa shape index (κ3) is 3.17. The first-order valence-corrected chi connectivity index (χ1v) is 7.74. The second-order valence-electron chi connectivity index (χ2n) is 4.89. The van der Waals surface area contributed by atoms with Crippen molar-refractivity contribution in [2.24, 2.45) is 11.1 Å². The van der Waals surface area contributed by atoms with E-state index in [0.29, 0.717) is 30.4 Å². The molecule has 6 nitrogen and oxygen atoms in total. The van der Waals surface area contributed by atoms with Crippen LogP contribution in [0.15, 0.2) is 23.1 Å². The minimum absolute atomic E-state index is 0.0648. The van der Waals surface area contributed by atoms with Crippen LogP contribution < -0.4 is 15.8 Å². The van der Waals surface area contributed by atoms with Gasteiger partial charge >= 0.3 is 0 Å². The second kappa shape index (κ2) is 5.36. The molecule has 1 aromatic carbocycles. The van der Waals surface area contributed by atoms with Crippen LogP contribution in [0.4, 0.5) is 11.4 Å². The van der Waals surface area contributed by atoms with Gasteiger partial charge in [-0.1, -0.05) is 0 Å². The van der Waals surface area contributed by atoms with Crippen LogP contribution in [0.2, 0.25) is 0 Å². The van der Waals surface area contributed by atoms with Gasteiger partial charge in [0.25, 0.3) is 0 Å². The highest BCUT2D eigenvalue weighted by molar-refractivity contribution is 7.89. The molecule has 19 heavy (non-hydrogen) atoms. The molecule has 106 valence electrons. The Bertz CT molecular complexity index is 551. The molecule has 0 spiro atoms. The minimum atomic E-state index is -3.80. The topological polar surface area (TPSA) is 110 Å². The molecule has 0 saturated carbocycles. The van der Waals surface area contributed by atoms with Crippen LogP contribution in [0, 0.1) is 5.92 Å². The molecule has 1 heterocycles. The number of piperidine rings is 1. The van der Waals surface area contributed by atoms with Crippen LogP contribution in [0.3, 0.4) is 0 Å². The van der Waals surface area contributed by atoms with Gasteiger partial charge in [0.1, 0.15) is 4.90 Å². The molecule has 0 radical (unpaired) electrons. The molecule has 0 atom stereocenters. The molecule has 1 aromatic rings. The largest absolute Gasteiger partial charge is 0.399 e. The lowest BCUT2D eigenvalue weighted by atomic mass is 9.97. The van der Waals surface area contributed by atoms with E-state index in [1.54, 1.807) is 12.1 Å². The Morgan fingerprint density at radius 2 is 1.95 bits per heavy atom. The maximum absolute atomic E-state index is 11.6. The van der Waals surface area contributed by atoms with Crippen molar-refractivity contribution < 1.29 is 13.5 Å². The first-order valence-electron chi connectivity index (χ1n) is 6.20. The number of nitrogen functional groups attached to an aromatic ring is 1. The van der Waals surface area contributed by atoms with Crippen molar-refractivity contribution in [3.05, 3.63) is 18.2 Å². The molecular weight excluding hydrogens is 266 g/mol. The highest BCUT2D eigenvalue weighted by Crippen LogP contribution is 2.30. The number of rotatable bonds is 3. The molecule has 5 N–H and O–H groups in total. The Balaban J connectivity index is 2.31. The fourth-order valence-electron chi connectivity index (χ4n) is 2.38. The maximum Gasteiger partial charge on any atom is 0.240 e. The van der Waals surface area contributed by atoms with Crippen LogP contribution >= 0.6 is 0 Å². The number of primary sulfonamides is 1. The van der Waals surface area contributed by atoms with Gasteiger partial charge in [-0.25, -0.2) is 13.6 Å². The van der Waals surface area contributed by atoms with Gasteiger partial charge in [0.05, 0.1) is 5.69 Å². The Morgan fingerprint density at radius 3 is 2.47 bits per heavy atom. The lowest BCUT2D eigenvalue weighted by Crippen LogP contribution is -2.36. The van der Waals surface area contributed by atoms with Crippen molar-refractivity contribution in [3.63, 3.8) is 0 Å². The standard InChI is InChI=1S/C12H19N3O3S/c13-10-1-2-11(12(7-10)19(14,17)18)15-5-3-9(8-16)4-6-15/h1-2,7,9,16H,3-6,8,13H2,(H2,14,17,18). The summed E-state index contributed by atoms with van der Waals surface area (Å²) < 4.78 is 23.2. The summed E-state index contributed by atoms with van der Waals surface area (Å²) in [7, 11) is -3.80. The monoisotopic (exact) mass is 285 g/mol. The van der Waals surface area contributed by atoms with Crippen molar-refractivity contribution in [2.45, 2.75) is 17.7 Å². The zero-order valence-electron chi connectivity index (χ0n) is 10.6. The fraction of sp³-hybridized carbons (Fsp3) is 0.500. The van der Waals surface area contributed by atoms with E-state index in [1.165, 1.54) is 6.07 Å². The van der Waals surface area contributed by atoms with Gasteiger partial charge in [0.15, 0.2) is 0 Å². The lowest BCUT2D eigenvalue weighted by molar-refractivity contribution is 0.203. The van der Waals surface area contributed by atoms with Gasteiger partial charge in [0.2, 0.25) is 10.0 Å². The van der Waals surface area contributed by atoms with Gasteiger partial charge in [0, 0.05) is 25.4 Å². The molecule has 0 aromatic heterocycles. The normalized spacial score (nSPS) is 17.7. The van der Waals surface area contributed by atoms with Crippen LogP contribution in [0.1, 0.15) is 12.8 Å². The molecule has 1 aliphatic rings. The average molecular weight is 285 g/mol. The van der Waals surface area contributed by atoms with E-state index in [1.807, 2.05) is 4.90 Å². The molecule has 0 unspecified atom stereocenters. The number of nitrogens with two attached hydrogens (primary N) is 2. The summed E-state index contributed by atoms with van der Waals surface area (Å²) in [6.45, 7) is 1.59. The Kier molecular flexibility index (Phi) is 3.98. The second-order valence-corrected chi connectivity index (χ2v) is 6.42. The van der Waals surface area contributed by atoms with Crippen molar-refractivity contribution in [1.82, 2.24) is 0 Å². The van der Waals surface area contributed by atoms with Crippen molar-refractivity contribution in [2.75, 3.05) is 30.3 Å². The van der Waals surface area contributed by atoms with Gasteiger partial charge < -0.3 is 15.7 Å². The lowest BCUT2D eigenvalue weighted by Gasteiger charge is -2.33. The first kappa shape index (κ1) is 14.1. The third-order valence-electron chi connectivity index (χ3n) is 3.50. The predicted molar refractivity (Wildman–Crippen MR) is 74.3 cm³/mol. The zero-order chi connectivity index (χ0) is 14.0. The number of aliphatic hydroxyl groups excluding tert-OH is 1. The number of aliphatic hydroxyl groups is 1. The van der Waals surface area contributed by atoms with E-state index in [0.717, 1.165) is 12.8 Å². The molecule has 0 aliphatic carbocycles. The fourth-order valence-corrected chi connectivity index (χ4v) is 3.17. The smallest absolute Gasteiger partial charge is 0.240 e. The summed E-state index contributed by atoms with van der Waals surface area (Å²) in [6, 6.07) is 4.75. The molecular formula is C12H19N3O3S. The summed E-state index contributed by atoms with van der Waals surface area (Å²) in [6.07, 6.45) is 1.68. The Labute approximate surface area is 113 Å². The maximum atomic E-state index is 11.6. The molecule has 1 saturated heterocycles. The van der Waals surface area contributed by atoms with E-state index in [2.05, 4.69) is 0 Å². The number of hydrogen-bond donors (Lipinski definition) is 3. The summed E-state index contributed by atoms with van der Waals surface area (Å²) in [5.74, 6) is 0.294. The summed E-state index contributed by atoms with van der Waals surface area (Å²) in [4.78, 5) is 2.04. The van der Waals surface area contributed by atoms with Crippen LogP contribution in [-0.2, 0) is 10.0 Å². The molecule has 1 fully saturated rings. The molecule has 0 bridgehead atoms. The van der Waals surface area contributed by atoms with Gasteiger partial charge in [-0.2, -0.15) is 0 Å². The highest BCUT2D eigenvalue weighted by atomic mass is 32.2. The van der Waals surface area contributed by atoms with Crippen LogP contribution in [0.5, 0.6) is 0 Å². The Hall–Kier alpha value is -1.31. The average Bonchev–Trinajstić information content (AvgIpc) is 2.38. The SMILES string of the molecule is Nc1ccc(N2CCC(CO)CC2)c(S(N)(=O)=O)c1. The quantitative estimate of drug-likeness (QED) is 0.684. The zero-order valence-corrected chi connectivity index (χ0v) is 11.4. The highest BCUT2D eigenvalue weighted by Gasteiger charge is 2.23. The van der Waals surface area contributed by atoms with E-state index in [-0.39, 0.29) is 11.5 Å². The molecule has 0 amide bonds. The summed E-state index contributed by atoms with van der Waals surface area (Å²) in [5.41, 5.74) is 6.59. The van der Waals surface area contributed by atoms with Crippen LogP contribution in [-0.4, -0.2) is 33.2 Å². The van der Waals surface area contributed by atoms with Crippen molar-refractivity contribution in [3.8, 4) is 0 Å². The molecule has 1 aliphatic heterocycles. The predicted octanol–water partition coefficient (Wildman–Crippen LogP) is 0.125. The molecule has 7 heteroatoms. The third-order valence-corrected chi connectivity index (χ3v) is 4.44. The van der Waals surface area contributed by atoms with Gasteiger partial charge in [-0.05, 0) is 37.0 Å². The first-order chi connectivity index (χ1) is 8.91. The number of benzene rings is 1.